The summed E-state index contributed by atoms with van der Waals surface area (Å²) in [5.41, 5.74) is 5.03. The minimum Gasteiger partial charge on any atom is -0.480 e. The van der Waals surface area contributed by atoms with E-state index in [1.807, 2.05) is 20.8 Å². The van der Waals surface area contributed by atoms with Crippen molar-refractivity contribution in [3.8, 4) is 0 Å². The average Bonchev–Trinajstić information content (AvgIpc) is 2.32. The van der Waals surface area contributed by atoms with Gasteiger partial charge >= 0.3 is 12.0 Å². The third-order valence-electron chi connectivity index (χ3n) is 2.80. The highest BCUT2D eigenvalue weighted by atomic mass is 16.4. The van der Waals surface area contributed by atoms with Crippen LogP contribution in [-0.4, -0.2) is 35.1 Å². The Hall–Kier alpha value is -1.79. The summed E-state index contributed by atoms with van der Waals surface area (Å²) in [4.78, 5) is 34.0. The second-order valence-corrected chi connectivity index (χ2v) is 5.23. The highest BCUT2D eigenvalue weighted by Crippen LogP contribution is 2.07. The molecular formula is C13H25N3O4. The van der Waals surface area contributed by atoms with Crippen molar-refractivity contribution in [2.45, 2.75) is 58.5 Å². The molecule has 0 aromatic carbocycles. The molecule has 1 unspecified atom stereocenters. The molecule has 0 aliphatic carbocycles. The van der Waals surface area contributed by atoms with E-state index in [1.54, 1.807) is 0 Å². The van der Waals surface area contributed by atoms with Crippen molar-refractivity contribution in [2.75, 3.05) is 0 Å². The summed E-state index contributed by atoms with van der Waals surface area (Å²) >= 11 is 0. The number of unbranched alkanes of at least 4 members (excludes halogenated alkanes) is 1. The van der Waals surface area contributed by atoms with Crippen molar-refractivity contribution in [3.63, 3.8) is 0 Å². The molecule has 0 aromatic heterocycles. The monoisotopic (exact) mass is 287 g/mol. The van der Waals surface area contributed by atoms with E-state index in [0.717, 1.165) is 12.8 Å². The Morgan fingerprint density at radius 2 is 1.75 bits per heavy atom. The molecule has 0 saturated carbocycles. The Balaban J connectivity index is 4.68. The summed E-state index contributed by atoms with van der Waals surface area (Å²) < 4.78 is 0. The number of nitrogens with one attached hydrogen (secondary N) is 2. The van der Waals surface area contributed by atoms with E-state index >= 15 is 0 Å². The van der Waals surface area contributed by atoms with Crippen LogP contribution in [0.15, 0.2) is 0 Å². The molecule has 0 radical (unpaired) electrons. The summed E-state index contributed by atoms with van der Waals surface area (Å²) in [6.45, 7) is 5.70. The molecule has 7 heteroatoms. The van der Waals surface area contributed by atoms with Gasteiger partial charge in [0, 0.05) is 0 Å². The number of amides is 3. The Kier molecular flexibility index (Phi) is 8.35. The minimum atomic E-state index is -1.08. The van der Waals surface area contributed by atoms with Gasteiger partial charge in [-0.1, -0.05) is 33.6 Å². The molecule has 0 aromatic rings. The highest BCUT2D eigenvalue weighted by molar-refractivity contribution is 5.89. The van der Waals surface area contributed by atoms with E-state index in [4.69, 9.17) is 10.8 Å². The van der Waals surface area contributed by atoms with E-state index in [-0.39, 0.29) is 5.92 Å². The minimum absolute atomic E-state index is 0.134. The van der Waals surface area contributed by atoms with Gasteiger partial charge in [-0.2, -0.15) is 0 Å². The van der Waals surface area contributed by atoms with E-state index in [2.05, 4.69) is 10.6 Å². The number of hydrogen-bond acceptors (Lipinski definition) is 3. The Bertz CT molecular complexity index is 345. The number of carboxylic acids is 1. The zero-order valence-corrected chi connectivity index (χ0v) is 12.3. The zero-order valence-electron chi connectivity index (χ0n) is 12.3. The largest absolute Gasteiger partial charge is 0.480 e. The first-order chi connectivity index (χ1) is 9.27. The van der Waals surface area contributed by atoms with Crippen LogP contribution >= 0.6 is 0 Å². The first-order valence-corrected chi connectivity index (χ1v) is 6.87. The van der Waals surface area contributed by atoms with Crippen molar-refractivity contribution < 1.29 is 19.5 Å². The van der Waals surface area contributed by atoms with Gasteiger partial charge in [0.05, 0.1) is 0 Å². The number of carbonyl (C=O) groups excluding carboxylic acids is 2. The number of nitrogens with two attached hydrogens (primary N) is 1. The molecule has 0 aliphatic rings. The van der Waals surface area contributed by atoms with Gasteiger partial charge in [-0.15, -0.1) is 0 Å². The van der Waals surface area contributed by atoms with Crippen LogP contribution in [0.25, 0.3) is 0 Å². The second-order valence-electron chi connectivity index (χ2n) is 5.23. The van der Waals surface area contributed by atoms with Crippen molar-refractivity contribution in [2.24, 2.45) is 11.7 Å². The molecule has 3 amide bonds. The molecule has 2 atom stereocenters. The molecular weight excluding hydrogens is 262 g/mol. The van der Waals surface area contributed by atoms with E-state index in [0.29, 0.717) is 12.8 Å². The van der Waals surface area contributed by atoms with Gasteiger partial charge in [-0.3, -0.25) is 4.79 Å². The molecule has 0 fully saturated rings. The molecule has 0 heterocycles. The lowest BCUT2D eigenvalue weighted by molar-refractivity contribution is -0.142. The number of carboxylic acid groups (broad SMARTS) is 1. The third kappa shape index (κ3) is 7.60. The first-order valence-electron chi connectivity index (χ1n) is 6.87. The van der Waals surface area contributed by atoms with Gasteiger partial charge < -0.3 is 21.5 Å². The highest BCUT2D eigenvalue weighted by Gasteiger charge is 2.26. The summed E-state index contributed by atoms with van der Waals surface area (Å²) in [5.74, 6) is -1.46. The molecule has 5 N–H and O–H groups in total. The number of carbonyl (C=O) groups is 3. The van der Waals surface area contributed by atoms with Gasteiger partial charge in [-0.25, -0.2) is 9.59 Å². The Morgan fingerprint density at radius 3 is 2.15 bits per heavy atom. The summed E-state index contributed by atoms with van der Waals surface area (Å²) in [5, 5.41) is 13.9. The standard InChI is InChI=1S/C13H25N3O4/c1-4-5-6-9(16-13(14)20)11(17)15-10(12(18)19)7-8(2)3/h8-10H,4-7H2,1-3H3,(H,15,17)(H,18,19)(H3,14,16,20)/t9?,10-/m0/s1. The fourth-order valence-electron chi connectivity index (χ4n) is 1.81. The lowest BCUT2D eigenvalue weighted by atomic mass is 10.0. The van der Waals surface area contributed by atoms with Gasteiger partial charge in [0.15, 0.2) is 0 Å². The maximum atomic E-state index is 12.0. The van der Waals surface area contributed by atoms with Crippen molar-refractivity contribution in [1.82, 2.24) is 10.6 Å². The van der Waals surface area contributed by atoms with Gasteiger partial charge in [0.1, 0.15) is 12.1 Å². The molecule has 0 aliphatic heterocycles. The van der Waals surface area contributed by atoms with Crippen LogP contribution in [0.3, 0.4) is 0 Å². The lowest BCUT2D eigenvalue weighted by Gasteiger charge is -2.21. The van der Waals surface area contributed by atoms with Crippen LogP contribution in [0, 0.1) is 5.92 Å². The number of urea groups is 1. The zero-order chi connectivity index (χ0) is 15.7. The Morgan fingerprint density at radius 1 is 1.15 bits per heavy atom. The first kappa shape index (κ1) is 18.2. The fraction of sp³-hybridized carbons (Fsp3) is 0.769. The average molecular weight is 287 g/mol. The van der Waals surface area contributed by atoms with Crippen LogP contribution in [0.5, 0.6) is 0 Å². The van der Waals surface area contributed by atoms with E-state index < -0.39 is 30.0 Å². The normalized spacial score (nSPS) is 13.6. The topological polar surface area (TPSA) is 122 Å². The number of aliphatic carboxylic acids is 1. The predicted octanol–water partition coefficient (Wildman–Crippen LogP) is 0.829. The van der Waals surface area contributed by atoms with Crippen molar-refractivity contribution in [1.29, 1.82) is 0 Å². The quantitative estimate of drug-likeness (QED) is 0.501. The van der Waals surface area contributed by atoms with Crippen LogP contribution in [0.2, 0.25) is 0 Å². The maximum absolute atomic E-state index is 12.0. The maximum Gasteiger partial charge on any atom is 0.326 e. The Labute approximate surface area is 119 Å². The fourth-order valence-corrected chi connectivity index (χ4v) is 1.81. The second kappa shape index (κ2) is 9.17. The van der Waals surface area contributed by atoms with Crippen molar-refractivity contribution >= 4 is 17.9 Å². The third-order valence-corrected chi connectivity index (χ3v) is 2.80. The summed E-state index contributed by atoms with van der Waals surface area (Å²) in [7, 11) is 0. The predicted molar refractivity (Wildman–Crippen MR) is 75.1 cm³/mol. The molecule has 0 bridgehead atoms. The summed E-state index contributed by atoms with van der Waals surface area (Å²) in [6.07, 6.45) is 2.36. The van der Waals surface area contributed by atoms with Crippen LogP contribution < -0.4 is 16.4 Å². The van der Waals surface area contributed by atoms with Gasteiger partial charge in [-0.05, 0) is 18.8 Å². The van der Waals surface area contributed by atoms with E-state index in [9.17, 15) is 14.4 Å². The molecule has 7 nitrogen and oxygen atoms in total. The smallest absolute Gasteiger partial charge is 0.326 e. The number of primary amides is 1. The van der Waals surface area contributed by atoms with Crippen molar-refractivity contribution in [3.05, 3.63) is 0 Å². The lowest BCUT2D eigenvalue weighted by Crippen LogP contribution is -2.52. The van der Waals surface area contributed by atoms with Gasteiger partial charge in [0.25, 0.3) is 0 Å². The SMILES string of the molecule is CCCCC(NC(N)=O)C(=O)N[C@@H](CC(C)C)C(=O)O. The van der Waals surface area contributed by atoms with Crippen LogP contribution in [-0.2, 0) is 9.59 Å². The molecule has 116 valence electrons. The molecule has 0 saturated heterocycles. The molecule has 0 rings (SSSR count). The van der Waals surface area contributed by atoms with Crippen LogP contribution in [0.4, 0.5) is 4.79 Å². The number of hydrogen-bond donors (Lipinski definition) is 4. The van der Waals surface area contributed by atoms with Crippen LogP contribution in [0.1, 0.15) is 46.5 Å². The molecule has 0 spiro atoms. The molecule has 20 heavy (non-hydrogen) atoms. The number of rotatable bonds is 9. The van der Waals surface area contributed by atoms with Gasteiger partial charge in [0.2, 0.25) is 5.91 Å². The van der Waals surface area contributed by atoms with E-state index in [1.165, 1.54) is 0 Å². The summed E-state index contributed by atoms with van der Waals surface area (Å²) in [6, 6.07) is -2.54.